The Bertz CT molecular complexity index is 960. The average Bonchev–Trinajstić information content (AvgIpc) is 3.06. The van der Waals surface area contributed by atoms with E-state index in [9.17, 15) is 10.1 Å². The van der Waals surface area contributed by atoms with Gasteiger partial charge in [-0.3, -0.25) is 15.1 Å². The highest BCUT2D eigenvalue weighted by atomic mass is 16.6. The van der Waals surface area contributed by atoms with Crippen molar-refractivity contribution >= 4 is 28.7 Å². The van der Waals surface area contributed by atoms with Crippen LogP contribution in [-0.2, 0) is 4.74 Å². The van der Waals surface area contributed by atoms with Crippen molar-refractivity contribution in [3.63, 3.8) is 0 Å². The van der Waals surface area contributed by atoms with Crippen LogP contribution in [0.5, 0.6) is 0 Å². The first-order chi connectivity index (χ1) is 12.7. The minimum absolute atomic E-state index is 0.0465. The number of nitro groups is 1. The van der Waals surface area contributed by atoms with Crippen molar-refractivity contribution < 1.29 is 9.66 Å². The highest BCUT2D eigenvalue weighted by Gasteiger charge is 2.24. The Morgan fingerprint density at radius 3 is 2.85 bits per heavy atom. The fraction of sp³-hybridized carbons (Fsp3) is 0.263. The quantitative estimate of drug-likeness (QED) is 0.520. The molecule has 2 aromatic heterocycles. The SMILES string of the molecule is O=[N+]([O-])c1cccc2c1c(C=Cc1ccccn1)nn2C1CCCCO1. The Morgan fingerprint density at radius 1 is 1.19 bits per heavy atom. The molecule has 0 spiro atoms. The van der Waals surface area contributed by atoms with Crippen molar-refractivity contribution in [2.75, 3.05) is 6.61 Å². The molecule has 0 radical (unpaired) electrons. The fourth-order valence-electron chi connectivity index (χ4n) is 3.25. The lowest BCUT2D eigenvalue weighted by atomic mass is 10.1. The van der Waals surface area contributed by atoms with Crippen LogP contribution in [0.1, 0.15) is 36.9 Å². The summed E-state index contributed by atoms with van der Waals surface area (Å²) < 4.78 is 7.62. The van der Waals surface area contributed by atoms with E-state index in [1.807, 2.05) is 30.3 Å². The van der Waals surface area contributed by atoms with E-state index in [0.717, 1.165) is 25.0 Å². The molecule has 26 heavy (non-hydrogen) atoms. The third-order valence-electron chi connectivity index (χ3n) is 4.46. The molecule has 1 unspecified atom stereocenters. The summed E-state index contributed by atoms with van der Waals surface area (Å²) in [6.45, 7) is 0.681. The van der Waals surface area contributed by atoms with Gasteiger partial charge in [-0.15, -0.1) is 0 Å². The van der Waals surface area contributed by atoms with E-state index in [1.165, 1.54) is 6.07 Å². The monoisotopic (exact) mass is 350 g/mol. The van der Waals surface area contributed by atoms with Gasteiger partial charge in [-0.2, -0.15) is 5.10 Å². The van der Waals surface area contributed by atoms with E-state index in [2.05, 4.69) is 10.1 Å². The number of non-ortho nitro benzene ring substituents is 1. The fourth-order valence-corrected chi connectivity index (χ4v) is 3.25. The second-order valence-electron chi connectivity index (χ2n) is 6.17. The molecule has 0 N–H and O–H groups in total. The highest BCUT2D eigenvalue weighted by molar-refractivity contribution is 5.96. The first kappa shape index (κ1) is 16.4. The van der Waals surface area contributed by atoms with E-state index in [1.54, 1.807) is 23.0 Å². The van der Waals surface area contributed by atoms with Crippen molar-refractivity contribution in [3.8, 4) is 0 Å². The number of nitro benzene ring substituents is 1. The van der Waals surface area contributed by atoms with E-state index in [-0.39, 0.29) is 16.8 Å². The zero-order chi connectivity index (χ0) is 17.9. The first-order valence-corrected chi connectivity index (χ1v) is 8.60. The van der Waals surface area contributed by atoms with Crippen molar-refractivity contribution in [2.24, 2.45) is 0 Å². The largest absolute Gasteiger partial charge is 0.356 e. The molecular formula is C19H18N4O3. The summed E-state index contributed by atoms with van der Waals surface area (Å²) in [5.74, 6) is 0. The maximum atomic E-state index is 11.5. The number of nitrogens with zero attached hydrogens (tertiary/aromatic N) is 4. The van der Waals surface area contributed by atoms with Gasteiger partial charge in [0, 0.05) is 18.9 Å². The maximum absolute atomic E-state index is 11.5. The molecule has 3 heterocycles. The molecule has 0 saturated carbocycles. The minimum atomic E-state index is -0.367. The molecule has 1 aromatic carbocycles. The Hall–Kier alpha value is -3.06. The number of aromatic nitrogens is 3. The number of hydrogen-bond donors (Lipinski definition) is 0. The van der Waals surface area contributed by atoms with Crippen LogP contribution < -0.4 is 0 Å². The van der Waals surface area contributed by atoms with Gasteiger partial charge in [0.1, 0.15) is 11.1 Å². The second kappa shape index (κ2) is 7.05. The molecule has 1 fully saturated rings. The third-order valence-corrected chi connectivity index (χ3v) is 4.46. The summed E-state index contributed by atoms with van der Waals surface area (Å²) >= 11 is 0. The molecule has 0 bridgehead atoms. The number of benzene rings is 1. The van der Waals surface area contributed by atoms with Crippen LogP contribution in [0.4, 0.5) is 5.69 Å². The second-order valence-corrected chi connectivity index (χ2v) is 6.17. The first-order valence-electron chi connectivity index (χ1n) is 8.60. The highest BCUT2D eigenvalue weighted by Crippen LogP contribution is 2.33. The summed E-state index contributed by atoms with van der Waals surface area (Å²) in [4.78, 5) is 15.4. The summed E-state index contributed by atoms with van der Waals surface area (Å²) in [5, 5.41) is 16.7. The summed E-state index contributed by atoms with van der Waals surface area (Å²) in [6.07, 6.45) is 8.03. The summed E-state index contributed by atoms with van der Waals surface area (Å²) in [6, 6.07) is 10.6. The number of fused-ring (bicyclic) bond motifs is 1. The molecule has 132 valence electrons. The molecule has 4 rings (SSSR count). The van der Waals surface area contributed by atoms with Gasteiger partial charge in [0.05, 0.1) is 16.1 Å². The molecule has 1 saturated heterocycles. The van der Waals surface area contributed by atoms with Gasteiger partial charge in [0.2, 0.25) is 0 Å². The number of hydrogen-bond acceptors (Lipinski definition) is 5. The summed E-state index contributed by atoms with van der Waals surface area (Å²) in [7, 11) is 0. The Morgan fingerprint density at radius 2 is 2.12 bits per heavy atom. The zero-order valence-electron chi connectivity index (χ0n) is 14.1. The van der Waals surface area contributed by atoms with Crippen molar-refractivity contribution in [1.29, 1.82) is 0 Å². The van der Waals surface area contributed by atoms with Crippen molar-refractivity contribution in [2.45, 2.75) is 25.5 Å². The van der Waals surface area contributed by atoms with E-state index >= 15 is 0 Å². The van der Waals surface area contributed by atoms with Gasteiger partial charge >= 0.3 is 0 Å². The van der Waals surface area contributed by atoms with Gasteiger partial charge in [0.15, 0.2) is 6.23 Å². The van der Waals surface area contributed by atoms with E-state index < -0.39 is 0 Å². The molecule has 7 nitrogen and oxygen atoms in total. The molecule has 1 aliphatic rings. The Balaban J connectivity index is 1.85. The maximum Gasteiger partial charge on any atom is 0.281 e. The predicted molar refractivity (Wildman–Crippen MR) is 98.4 cm³/mol. The third kappa shape index (κ3) is 3.09. The Labute approximate surface area is 150 Å². The average molecular weight is 350 g/mol. The topological polar surface area (TPSA) is 83.1 Å². The van der Waals surface area contributed by atoms with E-state index in [0.29, 0.717) is 23.2 Å². The Kier molecular flexibility index (Phi) is 4.45. The number of ether oxygens (including phenoxy) is 1. The van der Waals surface area contributed by atoms with Gasteiger partial charge in [-0.1, -0.05) is 12.1 Å². The lowest BCUT2D eigenvalue weighted by Gasteiger charge is -2.23. The van der Waals surface area contributed by atoms with Gasteiger partial charge < -0.3 is 4.74 Å². The standard InChI is InChI=1S/C19H18N4O3/c24-23(25)17-8-5-7-16-19(17)15(11-10-14-6-1-3-12-20-14)21-22(16)18-9-2-4-13-26-18/h1,3,5-8,10-12,18H,2,4,9,13H2. The zero-order valence-corrected chi connectivity index (χ0v) is 14.1. The van der Waals surface area contributed by atoms with Crippen LogP contribution in [0.2, 0.25) is 0 Å². The van der Waals surface area contributed by atoms with Crippen LogP contribution in [0, 0.1) is 10.1 Å². The van der Waals surface area contributed by atoms with Crippen LogP contribution in [0.3, 0.4) is 0 Å². The summed E-state index contributed by atoms with van der Waals surface area (Å²) in [5.41, 5.74) is 2.08. The molecule has 0 amide bonds. The molecule has 1 atom stereocenters. The molecule has 0 aliphatic carbocycles. The number of rotatable bonds is 4. The van der Waals surface area contributed by atoms with Crippen LogP contribution in [-0.4, -0.2) is 26.3 Å². The molecule has 1 aliphatic heterocycles. The molecule has 7 heteroatoms. The smallest absolute Gasteiger partial charge is 0.281 e. The van der Waals surface area contributed by atoms with Crippen molar-refractivity contribution in [3.05, 3.63) is 64.1 Å². The van der Waals surface area contributed by atoms with Crippen LogP contribution in [0.15, 0.2) is 42.6 Å². The van der Waals surface area contributed by atoms with Gasteiger partial charge in [-0.25, -0.2) is 4.68 Å². The number of pyridine rings is 1. The predicted octanol–water partition coefficient (Wildman–Crippen LogP) is 4.21. The van der Waals surface area contributed by atoms with Crippen molar-refractivity contribution in [1.82, 2.24) is 14.8 Å². The minimum Gasteiger partial charge on any atom is -0.356 e. The van der Waals surface area contributed by atoms with E-state index in [4.69, 9.17) is 4.74 Å². The van der Waals surface area contributed by atoms with Crippen LogP contribution in [0.25, 0.3) is 23.1 Å². The lowest BCUT2D eigenvalue weighted by molar-refractivity contribution is -0.383. The van der Waals surface area contributed by atoms with Crippen LogP contribution >= 0.6 is 0 Å². The molecular weight excluding hydrogens is 332 g/mol. The van der Waals surface area contributed by atoms with Gasteiger partial charge in [0.25, 0.3) is 5.69 Å². The normalized spacial score (nSPS) is 17.8. The molecule has 3 aromatic rings. The lowest BCUT2D eigenvalue weighted by Crippen LogP contribution is -2.19. The van der Waals surface area contributed by atoms with Gasteiger partial charge in [-0.05, 0) is 49.6 Å².